The van der Waals surface area contributed by atoms with Gasteiger partial charge < -0.3 is 15.4 Å². The molecule has 4 nitrogen and oxygen atoms in total. The van der Waals surface area contributed by atoms with Crippen LogP contribution in [0.3, 0.4) is 0 Å². The number of carbonyl (C=O) groups excluding carboxylic acids is 1. The lowest BCUT2D eigenvalue weighted by atomic mass is 10.2. The number of ether oxygens (including phenoxy) is 1. The molecule has 4 heteroatoms. The predicted octanol–water partition coefficient (Wildman–Crippen LogP) is 3.21. The molecule has 0 saturated heterocycles. The number of nitrogens with one attached hydrogen (secondary N) is 2. The summed E-state index contributed by atoms with van der Waals surface area (Å²) < 4.78 is 5.31. The van der Waals surface area contributed by atoms with Gasteiger partial charge in [-0.05, 0) is 58.8 Å². The minimum absolute atomic E-state index is 0.269. The van der Waals surface area contributed by atoms with Crippen molar-refractivity contribution in [3.8, 4) is 0 Å². The topological polar surface area (TPSA) is 50.4 Å². The van der Waals surface area contributed by atoms with Gasteiger partial charge in [0.2, 0.25) is 0 Å². The first kappa shape index (κ1) is 15.6. The van der Waals surface area contributed by atoms with E-state index in [1.165, 1.54) is 19.3 Å². The quantitative estimate of drug-likeness (QED) is 0.814. The van der Waals surface area contributed by atoms with Crippen LogP contribution in [0.25, 0.3) is 0 Å². The monoisotopic (exact) mass is 282 g/mol. The Morgan fingerprint density at radius 3 is 2.55 bits per heavy atom. The molecule has 0 aliphatic heterocycles. The average Bonchev–Trinajstić information content (AvgIpc) is 2.85. The van der Waals surface area contributed by atoms with Crippen molar-refractivity contribution in [3.63, 3.8) is 0 Å². The van der Waals surface area contributed by atoms with Crippen LogP contribution in [-0.2, 0) is 4.74 Å². The standard InChI is InChI=1S/C16H30N2O2/c1-5-6-11-9-14(11)17-12-7-8-13(10-12)18-15(19)20-16(2,3)4/h11-14,17H,5-10H2,1-4H3,(H,18,19). The largest absolute Gasteiger partial charge is 0.444 e. The third-order valence-electron chi connectivity index (χ3n) is 4.19. The Bertz CT molecular complexity index is 338. The Labute approximate surface area is 123 Å². The molecule has 0 heterocycles. The van der Waals surface area contributed by atoms with E-state index in [-0.39, 0.29) is 12.1 Å². The molecular weight excluding hydrogens is 252 g/mol. The number of hydrogen-bond acceptors (Lipinski definition) is 3. The zero-order valence-electron chi connectivity index (χ0n) is 13.4. The van der Waals surface area contributed by atoms with Crippen molar-refractivity contribution in [2.24, 2.45) is 5.92 Å². The van der Waals surface area contributed by atoms with Crippen LogP contribution in [0.15, 0.2) is 0 Å². The number of alkyl carbamates (subject to hydrolysis) is 1. The van der Waals surface area contributed by atoms with Gasteiger partial charge in [-0.15, -0.1) is 0 Å². The van der Waals surface area contributed by atoms with Gasteiger partial charge >= 0.3 is 6.09 Å². The Kier molecular flexibility index (Phi) is 4.95. The number of carbonyl (C=O) groups is 1. The Morgan fingerprint density at radius 1 is 1.20 bits per heavy atom. The molecule has 0 aromatic heterocycles. The van der Waals surface area contributed by atoms with Gasteiger partial charge in [0.15, 0.2) is 0 Å². The highest BCUT2D eigenvalue weighted by molar-refractivity contribution is 5.68. The average molecular weight is 282 g/mol. The lowest BCUT2D eigenvalue weighted by Crippen LogP contribution is -2.39. The minimum Gasteiger partial charge on any atom is -0.444 e. The molecule has 4 unspecified atom stereocenters. The van der Waals surface area contributed by atoms with Crippen LogP contribution >= 0.6 is 0 Å². The van der Waals surface area contributed by atoms with Gasteiger partial charge in [0.1, 0.15) is 5.60 Å². The highest BCUT2D eigenvalue weighted by atomic mass is 16.6. The Balaban J connectivity index is 1.64. The van der Waals surface area contributed by atoms with Crippen LogP contribution in [0.1, 0.15) is 66.2 Å². The van der Waals surface area contributed by atoms with Crippen LogP contribution < -0.4 is 10.6 Å². The lowest BCUT2D eigenvalue weighted by Gasteiger charge is -2.22. The van der Waals surface area contributed by atoms with E-state index in [0.29, 0.717) is 6.04 Å². The summed E-state index contributed by atoms with van der Waals surface area (Å²) >= 11 is 0. The summed E-state index contributed by atoms with van der Waals surface area (Å²) in [4.78, 5) is 11.7. The summed E-state index contributed by atoms with van der Waals surface area (Å²) in [5.41, 5.74) is -0.415. The molecule has 2 aliphatic rings. The summed E-state index contributed by atoms with van der Waals surface area (Å²) in [5, 5.41) is 6.74. The molecule has 0 aromatic carbocycles. The van der Waals surface area contributed by atoms with Gasteiger partial charge in [-0.3, -0.25) is 0 Å². The van der Waals surface area contributed by atoms with Gasteiger partial charge in [0, 0.05) is 18.1 Å². The van der Waals surface area contributed by atoms with Crippen molar-refractivity contribution in [2.45, 2.75) is 89.9 Å². The fourth-order valence-electron chi connectivity index (χ4n) is 3.18. The van der Waals surface area contributed by atoms with Crippen LogP contribution in [0.2, 0.25) is 0 Å². The van der Waals surface area contributed by atoms with Crippen LogP contribution in [0.4, 0.5) is 4.79 Å². The molecule has 0 spiro atoms. The van der Waals surface area contributed by atoms with E-state index in [0.717, 1.165) is 31.2 Å². The number of hydrogen-bond donors (Lipinski definition) is 2. The molecule has 1 amide bonds. The fraction of sp³-hybridized carbons (Fsp3) is 0.938. The predicted molar refractivity (Wildman–Crippen MR) is 80.7 cm³/mol. The fourth-order valence-corrected chi connectivity index (χ4v) is 3.18. The summed E-state index contributed by atoms with van der Waals surface area (Å²) in [7, 11) is 0. The molecule has 2 N–H and O–H groups in total. The summed E-state index contributed by atoms with van der Waals surface area (Å²) in [6.45, 7) is 7.94. The normalized spacial score (nSPS) is 33.0. The SMILES string of the molecule is CCCC1CC1NC1CCC(NC(=O)OC(C)(C)C)C1. The van der Waals surface area contributed by atoms with E-state index in [1.54, 1.807) is 0 Å². The second kappa shape index (κ2) is 6.33. The molecule has 0 aromatic rings. The van der Waals surface area contributed by atoms with Crippen molar-refractivity contribution >= 4 is 6.09 Å². The van der Waals surface area contributed by atoms with Crippen molar-refractivity contribution < 1.29 is 9.53 Å². The van der Waals surface area contributed by atoms with Crippen LogP contribution in [0.5, 0.6) is 0 Å². The first-order chi connectivity index (χ1) is 9.37. The minimum atomic E-state index is -0.415. The smallest absolute Gasteiger partial charge is 0.407 e. The van der Waals surface area contributed by atoms with E-state index >= 15 is 0 Å². The van der Waals surface area contributed by atoms with E-state index in [1.807, 2.05) is 20.8 Å². The van der Waals surface area contributed by atoms with Crippen LogP contribution in [-0.4, -0.2) is 29.8 Å². The Hall–Kier alpha value is -0.770. The van der Waals surface area contributed by atoms with Crippen molar-refractivity contribution in [1.29, 1.82) is 0 Å². The zero-order chi connectivity index (χ0) is 14.8. The van der Waals surface area contributed by atoms with Crippen molar-refractivity contribution in [2.75, 3.05) is 0 Å². The maximum atomic E-state index is 11.7. The van der Waals surface area contributed by atoms with E-state index in [4.69, 9.17) is 4.74 Å². The summed E-state index contributed by atoms with van der Waals surface area (Å²) in [5.74, 6) is 0.901. The van der Waals surface area contributed by atoms with E-state index in [9.17, 15) is 4.79 Å². The van der Waals surface area contributed by atoms with Gasteiger partial charge in [-0.1, -0.05) is 13.3 Å². The summed E-state index contributed by atoms with van der Waals surface area (Å²) in [6.07, 6.45) is 6.96. The van der Waals surface area contributed by atoms with E-state index in [2.05, 4.69) is 17.6 Å². The lowest BCUT2D eigenvalue weighted by molar-refractivity contribution is 0.0505. The molecular formula is C16H30N2O2. The molecule has 2 fully saturated rings. The summed E-state index contributed by atoms with van der Waals surface area (Å²) in [6, 6.07) is 1.58. The second-order valence-electron chi connectivity index (χ2n) is 7.41. The van der Waals surface area contributed by atoms with Crippen LogP contribution in [0, 0.1) is 5.92 Å². The zero-order valence-corrected chi connectivity index (χ0v) is 13.4. The first-order valence-corrected chi connectivity index (χ1v) is 8.13. The van der Waals surface area contributed by atoms with Gasteiger partial charge in [-0.2, -0.15) is 0 Å². The van der Waals surface area contributed by atoms with Crippen molar-refractivity contribution in [1.82, 2.24) is 10.6 Å². The molecule has 20 heavy (non-hydrogen) atoms. The molecule has 4 atom stereocenters. The molecule has 2 saturated carbocycles. The molecule has 0 bridgehead atoms. The van der Waals surface area contributed by atoms with Gasteiger partial charge in [-0.25, -0.2) is 4.79 Å². The molecule has 2 aliphatic carbocycles. The highest BCUT2D eigenvalue weighted by Crippen LogP contribution is 2.36. The maximum Gasteiger partial charge on any atom is 0.407 e. The van der Waals surface area contributed by atoms with E-state index < -0.39 is 5.60 Å². The second-order valence-corrected chi connectivity index (χ2v) is 7.41. The number of amides is 1. The van der Waals surface area contributed by atoms with Gasteiger partial charge in [0.25, 0.3) is 0 Å². The molecule has 0 radical (unpaired) electrons. The third-order valence-corrected chi connectivity index (χ3v) is 4.19. The Morgan fingerprint density at radius 2 is 1.90 bits per heavy atom. The third kappa shape index (κ3) is 4.97. The maximum absolute atomic E-state index is 11.7. The highest BCUT2D eigenvalue weighted by Gasteiger charge is 2.39. The molecule has 116 valence electrons. The van der Waals surface area contributed by atoms with Gasteiger partial charge in [0.05, 0.1) is 0 Å². The number of rotatable bonds is 5. The van der Waals surface area contributed by atoms with Crippen molar-refractivity contribution in [3.05, 3.63) is 0 Å². The molecule has 2 rings (SSSR count). The first-order valence-electron chi connectivity index (χ1n) is 8.13.